The summed E-state index contributed by atoms with van der Waals surface area (Å²) in [5.41, 5.74) is 1.08. The lowest BCUT2D eigenvalue weighted by Gasteiger charge is -1.93. The van der Waals surface area contributed by atoms with Crippen molar-refractivity contribution >= 4 is 11.6 Å². The Morgan fingerprint density at radius 3 is 2.60 bits per heavy atom. The molecule has 0 aliphatic rings. The summed E-state index contributed by atoms with van der Waals surface area (Å²) in [5.74, 6) is 6.28. The summed E-state index contributed by atoms with van der Waals surface area (Å²) in [6, 6.07) is 10.0. The van der Waals surface area contributed by atoms with Crippen molar-refractivity contribution in [2.24, 2.45) is 0 Å². The molecule has 1 rings (SSSR count). The van der Waals surface area contributed by atoms with Gasteiger partial charge >= 0.3 is 0 Å². The number of unbranched alkanes of at least 4 members (excludes halogenated alkanes) is 2. The Kier molecular flexibility index (Phi) is 5.66. The fraction of sp³-hybridized carbons (Fsp3) is 0.286. The predicted molar refractivity (Wildman–Crippen MR) is 66.8 cm³/mol. The topological polar surface area (TPSA) is 0 Å². The molecule has 0 aliphatic heterocycles. The van der Waals surface area contributed by atoms with E-state index in [0.717, 1.165) is 36.3 Å². The molecule has 0 aromatic heterocycles. The van der Waals surface area contributed by atoms with Gasteiger partial charge in [-0.15, -0.1) is 0 Å². The van der Waals surface area contributed by atoms with E-state index in [4.69, 9.17) is 11.6 Å². The van der Waals surface area contributed by atoms with E-state index in [1.165, 1.54) is 0 Å². The Balaban J connectivity index is 2.20. The van der Waals surface area contributed by atoms with Crippen LogP contribution in [0.25, 0.3) is 0 Å². The van der Waals surface area contributed by atoms with Gasteiger partial charge in [0, 0.05) is 17.0 Å². The van der Waals surface area contributed by atoms with E-state index >= 15 is 0 Å². The first-order valence-electron chi connectivity index (χ1n) is 5.16. The first-order chi connectivity index (χ1) is 7.29. The van der Waals surface area contributed by atoms with E-state index in [1.807, 2.05) is 30.3 Å². The maximum Gasteiger partial charge on any atom is 0.0245 e. The molecule has 0 unspecified atom stereocenters. The molecule has 0 saturated carbocycles. The van der Waals surface area contributed by atoms with E-state index in [9.17, 15) is 0 Å². The Bertz CT molecular complexity index is 354. The number of halogens is 1. The first kappa shape index (κ1) is 11.9. The molecule has 0 saturated heterocycles. The monoisotopic (exact) mass is 218 g/mol. The van der Waals surface area contributed by atoms with Crippen LogP contribution in [-0.4, -0.2) is 0 Å². The van der Waals surface area contributed by atoms with Gasteiger partial charge in [0.15, 0.2) is 0 Å². The van der Waals surface area contributed by atoms with Crippen LogP contribution >= 0.6 is 11.6 Å². The zero-order chi connectivity index (χ0) is 10.9. The first-order valence-corrected chi connectivity index (χ1v) is 5.54. The minimum absolute atomic E-state index is 0.742. The van der Waals surface area contributed by atoms with E-state index in [2.05, 4.69) is 18.4 Å². The molecule has 1 aromatic carbocycles. The van der Waals surface area contributed by atoms with Gasteiger partial charge in [0.1, 0.15) is 0 Å². The summed E-state index contributed by atoms with van der Waals surface area (Å²) in [6.45, 7) is 3.65. The van der Waals surface area contributed by atoms with Crippen molar-refractivity contribution in [3.8, 4) is 11.8 Å². The van der Waals surface area contributed by atoms with Crippen LogP contribution in [0.5, 0.6) is 0 Å². The highest BCUT2D eigenvalue weighted by Gasteiger charge is 1.88. The average Bonchev–Trinajstić information content (AvgIpc) is 2.24. The van der Waals surface area contributed by atoms with Gasteiger partial charge in [-0.3, -0.25) is 0 Å². The Labute approximate surface area is 97.0 Å². The summed E-state index contributed by atoms with van der Waals surface area (Å²) >= 11 is 5.66. The summed E-state index contributed by atoms with van der Waals surface area (Å²) < 4.78 is 0. The van der Waals surface area contributed by atoms with E-state index in [0.29, 0.717) is 0 Å². The second-order valence-corrected chi connectivity index (χ2v) is 3.93. The lowest BCUT2D eigenvalue weighted by molar-refractivity contribution is 0.767. The molecule has 0 heterocycles. The highest BCUT2D eigenvalue weighted by molar-refractivity contribution is 6.29. The Hall–Kier alpha value is -1.19. The van der Waals surface area contributed by atoms with Crippen LogP contribution in [0.2, 0.25) is 0 Å². The molecule has 0 N–H and O–H groups in total. The smallest absolute Gasteiger partial charge is 0.0245 e. The van der Waals surface area contributed by atoms with Gasteiger partial charge in [-0.1, -0.05) is 48.2 Å². The number of rotatable bonds is 4. The molecule has 1 heteroatoms. The lowest BCUT2D eigenvalue weighted by atomic mass is 10.2. The molecule has 0 fully saturated rings. The van der Waals surface area contributed by atoms with E-state index in [1.54, 1.807) is 0 Å². The molecule has 78 valence electrons. The quantitative estimate of drug-likeness (QED) is 0.521. The van der Waals surface area contributed by atoms with Gasteiger partial charge in [-0.25, -0.2) is 0 Å². The van der Waals surface area contributed by atoms with Crippen molar-refractivity contribution in [2.75, 3.05) is 0 Å². The van der Waals surface area contributed by atoms with Crippen LogP contribution in [-0.2, 0) is 0 Å². The van der Waals surface area contributed by atoms with Gasteiger partial charge in [0.05, 0.1) is 0 Å². The normalized spacial score (nSPS) is 9.13. The van der Waals surface area contributed by atoms with Crippen LogP contribution < -0.4 is 0 Å². The van der Waals surface area contributed by atoms with Gasteiger partial charge in [-0.2, -0.15) is 0 Å². The molecule has 0 spiro atoms. The van der Waals surface area contributed by atoms with Crippen LogP contribution in [0.3, 0.4) is 0 Å². The van der Waals surface area contributed by atoms with Crippen LogP contribution in [0.1, 0.15) is 31.2 Å². The Morgan fingerprint density at radius 1 is 1.20 bits per heavy atom. The second kappa shape index (κ2) is 7.15. The molecular formula is C14H15Cl. The summed E-state index contributed by atoms with van der Waals surface area (Å²) in [7, 11) is 0. The molecule has 0 radical (unpaired) electrons. The van der Waals surface area contributed by atoms with Crippen LogP contribution in [0.4, 0.5) is 0 Å². The van der Waals surface area contributed by atoms with Crippen molar-refractivity contribution in [3.05, 3.63) is 47.5 Å². The third-order valence-electron chi connectivity index (χ3n) is 2.01. The van der Waals surface area contributed by atoms with Crippen molar-refractivity contribution in [1.82, 2.24) is 0 Å². The van der Waals surface area contributed by atoms with Gasteiger partial charge in [-0.05, 0) is 31.4 Å². The van der Waals surface area contributed by atoms with Crippen LogP contribution in [0.15, 0.2) is 41.9 Å². The van der Waals surface area contributed by atoms with Gasteiger partial charge < -0.3 is 0 Å². The minimum atomic E-state index is 0.742. The van der Waals surface area contributed by atoms with Gasteiger partial charge in [0.2, 0.25) is 0 Å². The average molecular weight is 219 g/mol. The van der Waals surface area contributed by atoms with E-state index in [-0.39, 0.29) is 0 Å². The molecule has 15 heavy (non-hydrogen) atoms. The summed E-state index contributed by atoms with van der Waals surface area (Å²) in [4.78, 5) is 0. The number of hydrogen-bond donors (Lipinski definition) is 0. The third-order valence-corrected chi connectivity index (χ3v) is 2.20. The molecule has 0 amide bonds. The second-order valence-electron chi connectivity index (χ2n) is 3.39. The predicted octanol–water partition coefficient (Wildman–Crippen LogP) is 4.35. The molecule has 0 atom stereocenters. The largest absolute Gasteiger partial charge is 0.0979 e. The fourth-order valence-electron chi connectivity index (χ4n) is 1.22. The zero-order valence-electron chi connectivity index (χ0n) is 8.80. The maximum atomic E-state index is 5.66. The summed E-state index contributed by atoms with van der Waals surface area (Å²) in [5, 5.41) is 0.742. The van der Waals surface area contributed by atoms with Crippen LogP contribution in [0, 0.1) is 11.8 Å². The highest BCUT2D eigenvalue weighted by Crippen LogP contribution is 2.09. The molecule has 0 nitrogen and oxygen atoms in total. The zero-order valence-corrected chi connectivity index (χ0v) is 9.56. The van der Waals surface area contributed by atoms with Crippen molar-refractivity contribution < 1.29 is 0 Å². The molecule has 1 aromatic rings. The minimum Gasteiger partial charge on any atom is -0.0979 e. The summed E-state index contributed by atoms with van der Waals surface area (Å²) in [6.07, 6.45) is 3.99. The van der Waals surface area contributed by atoms with Crippen molar-refractivity contribution in [2.45, 2.75) is 25.7 Å². The molecule has 0 bridgehead atoms. The molecular weight excluding hydrogens is 204 g/mol. The molecule has 0 aliphatic carbocycles. The number of benzene rings is 1. The SMILES string of the molecule is C=C(Cl)CCCCC#Cc1ccccc1. The standard InChI is InChI=1S/C14H15Cl/c1-13(15)9-5-2-3-6-10-14-11-7-4-8-12-14/h4,7-8,11-12H,1-3,5,9H2. The fourth-order valence-corrected chi connectivity index (χ4v) is 1.35. The van der Waals surface area contributed by atoms with Crippen molar-refractivity contribution in [3.63, 3.8) is 0 Å². The highest BCUT2D eigenvalue weighted by atomic mass is 35.5. The Morgan fingerprint density at radius 2 is 1.93 bits per heavy atom. The van der Waals surface area contributed by atoms with Gasteiger partial charge in [0.25, 0.3) is 0 Å². The van der Waals surface area contributed by atoms with Crippen molar-refractivity contribution in [1.29, 1.82) is 0 Å². The number of allylic oxidation sites excluding steroid dienone is 1. The maximum absolute atomic E-state index is 5.66. The third kappa shape index (κ3) is 5.99. The van der Waals surface area contributed by atoms with E-state index < -0.39 is 0 Å². The lowest BCUT2D eigenvalue weighted by Crippen LogP contribution is -1.76. The number of hydrogen-bond acceptors (Lipinski definition) is 0.